The Hall–Kier alpha value is -1.31. The number of carbonyl (C=O) groups is 1. The van der Waals surface area contributed by atoms with Crippen LogP contribution in [-0.2, 0) is 23.7 Å². The van der Waals surface area contributed by atoms with Crippen LogP contribution >= 0.6 is 0 Å². The van der Waals surface area contributed by atoms with Crippen LogP contribution in [0.4, 0.5) is 0 Å². The fourth-order valence-corrected chi connectivity index (χ4v) is 4.16. The fourth-order valence-electron chi connectivity index (χ4n) is 4.16. The highest BCUT2D eigenvalue weighted by atomic mass is 16.8. The Morgan fingerprint density at radius 2 is 1.71 bits per heavy atom. The van der Waals surface area contributed by atoms with E-state index in [1.807, 2.05) is 0 Å². The van der Waals surface area contributed by atoms with Gasteiger partial charge in [-0.1, -0.05) is 6.92 Å². The zero-order valence-electron chi connectivity index (χ0n) is 15.4. The number of carbonyl (C=O) groups excluding carboxylic acids is 1. The van der Waals surface area contributed by atoms with E-state index in [9.17, 15) is 35.4 Å². The van der Waals surface area contributed by atoms with Crippen LogP contribution < -0.4 is 0 Å². The van der Waals surface area contributed by atoms with Gasteiger partial charge >= 0.3 is 5.97 Å². The van der Waals surface area contributed by atoms with Gasteiger partial charge in [-0.15, -0.1) is 0 Å². The van der Waals surface area contributed by atoms with Gasteiger partial charge in [0.05, 0.1) is 37.8 Å². The Balaban J connectivity index is 1.84. The van der Waals surface area contributed by atoms with Gasteiger partial charge in [0.15, 0.2) is 6.29 Å². The van der Waals surface area contributed by atoms with Gasteiger partial charge in [0.2, 0.25) is 6.29 Å². The maximum Gasteiger partial charge on any atom is 0.337 e. The zero-order chi connectivity index (χ0) is 20.7. The van der Waals surface area contributed by atoms with Crippen molar-refractivity contribution >= 4 is 5.97 Å². The van der Waals surface area contributed by atoms with Crippen molar-refractivity contribution in [1.82, 2.24) is 0 Å². The summed E-state index contributed by atoms with van der Waals surface area (Å²) in [5.41, 5.74) is 0.0389. The summed E-state index contributed by atoms with van der Waals surface area (Å²) < 4.78 is 21.1. The van der Waals surface area contributed by atoms with E-state index in [-0.39, 0.29) is 5.57 Å². The molecule has 11 atom stereocenters. The highest BCUT2D eigenvalue weighted by Crippen LogP contribution is 2.47. The van der Waals surface area contributed by atoms with Crippen LogP contribution in [0, 0.1) is 17.8 Å². The normalized spacial score (nSPS) is 48.4. The van der Waals surface area contributed by atoms with Gasteiger partial charge in [-0.3, -0.25) is 0 Å². The molecule has 11 nitrogen and oxygen atoms in total. The van der Waals surface area contributed by atoms with Crippen molar-refractivity contribution in [3.05, 3.63) is 11.8 Å². The van der Waals surface area contributed by atoms with E-state index in [1.165, 1.54) is 7.11 Å². The standard InChI is InChI=1S/C17H26O11/c1-5-8-9(12(21)10(5)19)6(15(24)25-2)4-26-16(8)28-17-14(23)13(22)11(20)7(3-18)27-17/h4-5,7-14,16-23H,3H2,1-2H3/t5-,7-,8-,9-,10-,11-,12+,13+,14-,16+,17+/m1/s1. The Kier molecular flexibility index (Phi) is 6.27. The largest absolute Gasteiger partial charge is 0.472 e. The molecule has 0 aromatic rings. The van der Waals surface area contributed by atoms with E-state index in [4.69, 9.17) is 18.9 Å². The lowest BCUT2D eigenvalue weighted by molar-refractivity contribution is -0.343. The third-order valence-electron chi connectivity index (χ3n) is 5.82. The molecular weight excluding hydrogens is 380 g/mol. The van der Waals surface area contributed by atoms with Gasteiger partial charge in [0.1, 0.15) is 24.4 Å². The molecule has 0 radical (unpaired) electrons. The van der Waals surface area contributed by atoms with Crippen LogP contribution in [0.25, 0.3) is 0 Å². The molecule has 0 amide bonds. The Morgan fingerprint density at radius 3 is 2.32 bits per heavy atom. The molecule has 2 fully saturated rings. The number of hydrogen-bond acceptors (Lipinski definition) is 11. The summed E-state index contributed by atoms with van der Waals surface area (Å²) in [6.07, 6.45) is -9.96. The molecule has 0 bridgehead atoms. The van der Waals surface area contributed by atoms with Gasteiger partial charge < -0.3 is 49.6 Å². The number of esters is 1. The first-order valence-corrected chi connectivity index (χ1v) is 8.98. The van der Waals surface area contributed by atoms with Crippen LogP contribution in [0.15, 0.2) is 11.8 Å². The lowest BCUT2D eigenvalue weighted by Gasteiger charge is -2.43. The monoisotopic (exact) mass is 406 g/mol. The van der Waals surface area contributed by atoms with Crippen molar-refractivity contribution in [3.63, 3.8) is 0 Å². The number of ether oxygens (including phenoxy) is 4. The first kappa shape index (κ1) is 21.4. The van der Waals surface area contributed by atoms with Gasteiger partial charge in [0.25, 0.3) is 0 Å². The molecule has 28 heavy (non-hydrogen) atoms. The van der Waals surface area contributed by atoms with Crippen LogP contribution in [0.2, 0.25) is 0 Å². The molecule has 0 aromatic heterocycles. The molecule has 2 aliphatic heterocycles. The summed E-state index contributed by atoms with van der Waals surface area (Å²) in [4.78, 5) is 12.0. The predicted octanol–water partition coefficient (Wildman–Crippen LogP) is -3.18. The molecule has 11 heteroatoms. The van der Waals surface area contributed by atoms with E-state index >= 15 is 0 Å². The Labute approximate surface area is 160 Å². The Bertz CT molecular complexity index is 608. The number of aliphatic hydroxyl groups is 6. The SMILES string of the molecule is COC(=O)C1=CO[C@@H](O[C@@H]2O[C@H](CO)[C@@H](O)[C@H](O)[C@H]2O)[C@@H]2[C@@H](C)[C@@H](O)[C@@H](O)[C@H]12. The van der Waals surface area contributed by atoms with Gasteiger partial charge in [-0.25, -0.2) is 4.79 Å². The molecule has 6 N–H and O–H groups in total. The molecular formula is C17H26O11. The average Bonchev–Trinajstić information content (AvgIpc) is 2.92. The second-order valence-electron chi connectivity index (χ2n) is 7.35. The van der Waals surface area contributed by atoms with Crippen molar-refractivity contribution in [2.24, 2.45) is 17.8 Å². The summed E-state index contributed by atoms with van der Waals surface area (Å²) >= 11 is 0. The maximum atomic E-state index is 12.0. The lowest BCUT2D eigenvalue weighted by Crippen LogP contribution is -2.60. The second-order valence-corrected chi connectivity index (χ2v) is 7.35. The minimum Gasteiger partial charge on any atom is -0.472 e. The van der Waals surface area contributed by atoms with Crippen LogP contribution in [-0.4, -0.2) is 99.5 Å². The molecule has 160 valence electrons. The molecule has 0 spiro atoms. The summed E-state index contributed by atoms with van der Waals surface area (Å²) in [6.45, 7) is 1.02. The highest BCUT2D eigenvalue weighted by molar-refractivity contribution is 5.89. The summed E-state index contributed by atoms with van der Waals surface area (Å²) in [5, 5.41) is 59.9. The third-order valence-corrected chi connectivity index (χ3v) is 5.82. The summed E-state index contributed by atoms with van der Waals surface area (Å²) in [7, 11) is 1.18. The highest BCUT2D eigenvalue weighted by Gasteiger charge is 2.57. The zero-order valence-corrected chi connectivity index (χ0v) is 15.4. The lowest BCUT2D eigenvalue weighted by atomic mass is 9.82. The number of methoxy groups -OCH3 is 1. The van der Waals surface area contributed by atoms with Crippen molar-refractivity contribution < 1.29 is 54.4 Å². The number of hydrogen-bond donors (Lipinski definition) is 6. The van der Waals surface area contributed by atoms with E-state index in [1.54, 1.807) is 6.92 Å². The smallest absolute Gasteiger partial charge is 0.337 e. The van der Waals surface area contributed by atoms with Crippen molar-refractivity contribution in [2.45, 2.75) is 56.1 Å². The van der Waals surface area contributed by atoms with Crippen molar-refractivity contribution in [1.29, 1.82) is 0 Å². The topological polar surface area (TPSA) is 175 Å². The molecule has 0 unspecified atom stereocenters. The van der Waals surface area contributed by atoms with Gasteiger partial charge in [-0.05, 0) is 5.92 Å². The molecule has 1 aliphatic carbocycles. The van der Waals surface area contributed by atoms with Crippen LogP contribution in [0.5, 0.6) is 0 Å². The molecule has 3 aliphatic rings. The minimum atomic E-state index is -1.64. The summed E-state index contributed by atoms with van der Waals surface area (Å²) in [6, 6.07) is 0. The molecule has 1 saturated heterocycles. The number of fused-ring (bicyclic) bond motifs is 1. The molecule has 3 rings (SSSR count). The first-order chi connectivity index (χ1) is 13.2. The van der Waals surface area contributed by atoms with E-state index in [0.29, 0.717) is 0 Å². The first-order valence-electron chi connectivity index (χ1n) is 8.98. The van der Waals surface area contributed by atoms with Gasteiger partial charge in [-0.2, -0.15) is 0 Å². The quantitative estimate of drug-likeness (QED) is 0.260. The number of rotatable bonds is 4. The molecule has 0 aromatic carbocycles. The second kappa shape index (κ2) is 8.20. The molecule has 2 heterocycles. The fraction of sp³-hybridized carbons (Fsp3) is 0.824. The van der Waals surface area contributed by atoms with Crippen molar-refractivity contribution in [3.8, 4) is 0 Å². The molecule has 1 saturated carbocycles. The number of aliphatic hydroxyl groups excluding tert-OH is 6. The van der Waals surface area contributed by atoms with Crippen LogP contribution in [0.3, 0.4) is 0 Å². The average molecular weight is 406 g/mol. The summed E-state index contributed by atoms with van der Waals surface area (Å²) in [5.74, 6) is -2.82. The van der Waals surface area contributed by atoms with E-state index < -0.39 is 79.5 Å². The van der Waals surface area contributed by atoms with Crippen LogP contribution in [0.1, 0.15) is 6.92 Å². The Morgan fingerprint density at radius 1 is 1.04 bits per heavy atom. The minimum absolute atomic E-state index is 0.0389. The van der Waals surface area contributed by atoms with E-state index in [2.05, 4.69) is 0 Å². The van der Waals surface area contributed by atoms with Crippen molar-refractivity contribution in [2.75, 3.05) is 13.7 Å². The maximum absolute atomic E-state index is 12.0. The predicted molar refractivity (Wildman–Crippen MR) is 88.0 cm³/mol. The van der Waals surface area contributed by atoms with Gasteiger partial charge in [0, 0.05) is 11.8 Å². The van der Waals surface area contributed by atoms with E-state index in [0.717, 1.165) is 6.26 Å². The third kappa shape index (κ3) is 3.42.